The standard InChI is InChI=1S/C10H24N4OS/c1-8(6-15-4)12-10(13-11)14(3)9(2)7-16-5/h8-9H,6-7,11H2,1-5H3,(H,12,13). The second-order valence-electron chi connectivity index (χ2n) is 3.82. The molecule has 5 nitrogen and oxygen atoms in total. The quantitative estimate of drug-likeness (QED) is 0.311. The summed E-state index contributed by atoms with van der Waals surface area (Å²) in [5, 5.41) is 0. The van der Waals surface area contributed by atoms with E-state index in [9.17, 15) is 0 Å². The minimum atomic E-state index is 0.0972. The molecule has 0 bridgehead atoms. The van der Waals surface area contributed by atoms with Crippen molar-refractivity contribution in [1.82, 2.24) is 10.3 Å². The van der Waals surface area contributed by atoms with E-state index < -0.39 is 0 Å². The minimum Gasteiger partial charge on any atom is -0.382 e. The highest BCUT2D eigenvalue weighted by atomic mass is 32.2. The van der Waals surface area contributed by atoms with Crippen LogP contribution in [0.1, 0.15) is 13.8 Å². The van der Waals surface area contributed by atoms with Gasteiger partial charge in [-0.15, -0.1) is 0 Å². The maximum Gasteiger partial charge on any atom is 0.208 e. The molecule has 0 aromatic rings. The first-order valence-corrected chi connectivity index (χ1v) is 6.71. The van der Waals surface area contributed by atoms with E-state index in [1.54, 1.807) is 18.9 Å². The topological polar surface area (TPSA) is 62.9 Å². The Morgan fingerprint density at radius 2 is 2.19 bits per heavy atom. The second-order valence-corrected chi connectivity index (χ2v) is 4.73. The number of nitrogens with zero attached hydrogens (tertiary/aromatic N) is 2. The van der Waals surface area contributed by atoms with Crippen molar-refractivity contribution in [2.45, 2.75) is 25.9 Å². The molecule has 0 heterocycles. The summed E-state index contributed by atoms with van der Waals surface area (Å²) in [6, 6.07) is 0.486. The number of ether oxygens (including phenoxy) is 1. The Hall–Kier alpha value is -0.460. The molecule has 2 atom stereocenters. The zero-order chi connectivity index (χ0) is 12.6. The third-order valence-corrected chi connectivity index (χ3v) is 3.10. The summed E-state index contributed by atoms with van der Waals surface area (Å²) < 4.78 is 5.04. The van der Waals surface area contributed by atoms with Crippen molar-refractivity contribution in [3.8, 4) is 0 Å². The molecule has 96 valence electrons. The highest BCUT2D eigenvalue weighted by Gasteiger charge is 2.13. The summed E-state index contributed by atoms with van der Waals surface area (Å²) in [7, 11) is 3.65. The highest BCUT2D eigenvalue weighted by Crippen LogP contribution is 2.04. The number of nitrogens with one attached hydrogen (secondary N) is 1. The summed E-state index contributed by atoms with van der Waals surface area (Å²) in [5.41, 5.74) is 2.64. The van der Waals surface area contributed by atoms with Crippen LogP contribution < -0.4 is 11.3 Å². The van der Waals surface area contributed by atoms with Gasteiger partial charge in [0, 0.05) is 26.0 Å². The summed E-state index contributed by atoms with van der Waals surface area (Å²) in [5.74, 6) is 7.22. The molecule has 0 aromatic heterocycles. The Morgan fingerprint density at radius 3 is 2.62 bits per heavy atom. The van der Waals surface area contributed by atoms with Gasteiger partial charge < -0.3 is 9.64 Å². The normalized spacial score (nSPS) is 15.8. The largest absolute Gasteiger partial charge is 0.382 e. The lowest BCUT2D eigenvalue weighted by atomic mass is 10.3. The molecular weight excluding hydrogens is 224 g/mol. The Morgan fingerprint density at radius 1 is 1.56 bits per heavy atom. The first kappa shape index (κ1) is 15.5. The van der Waals surface area contributed by atoms with Crippen LogP contribution in [0.25, 0.3) is 0 Å². The summed E-state index contributed by atoms with van der Waals surface area (Å²) in [4.78, 5) is 6.50. The first-order valence-electron chi connectivity index (χ1n) is 5.31. The van der Waals surface area contributed by atoms with Crippen molar-refractivity contribution in [2.24, 2.45) is 10.8 Å². The molecule has 0 saturated carbocycles. The molecule has 0 radical (unpaired) electrons. The second kappa shape index (κ2) is 8.66. The van der Waals surface area contributed by atoms with Gasteiger partial charge in [-0.1, -0.05) is 0 Å². The van der Waals surface area contributed by atoms with Gasteiger partial charge in [-0.2, -0.15) is 11.8 Å². The highest BCUT2D eigenvalue weighted by molar-refractivity contribution is 7.98. The molecule has 2 unspecified atom stereocenters. The third kappa shape index (κ3) is 5.58. The fourth-order valence-corrected chi connectivity index (χ4v) is 1.99. The molecule has 0 aliphatic heterocycles. The van der Waals surface area contributed by atoms with Crippen molar-refractivity contribution in [1.29, 1.82) is 0 Å². The van der Waals surface area contributed by atoms with Crippen molar-refractivity contribution in [2.75, 3.05) is 32.8 Å². The Kier molecular flexibility index (Phi) is 8.42. The molecule has 0 aliphatic carbocycles. The first-order chi connectivity index (χ1) is 7.56. The van der Waals surface area contributed by atoms with Gasteiger partial charge in [-0.25, -0.2) is 10.8 Å². The zero-order valence-corrected chi connectivity index (χ0v) is 11.7. The number of guanidine groups is 1. The molecule has 0 amide bonds. The van der Waals surface area contributed by atoms with Crippen LogP contribution in [0.5, 0.6) is 0 Å². The lowest BCUT2D eigenvalue weighted by Crippen LogP contribution is -2.48. The van der Waals surface area contributed by atoms with Gasteiger partial charge in [0.1, 0.15) is 0 Å². The molecule has 3 N–H and O–H groups in total. The van der Waals surface area contributed by atoms with Crippen LogP contribution >= 0.6 is 11.8 Å². The lowest BCUT2D eigenvalue weighted by molar-refractivity contribution is 0.185. The van der Waals surface area contributed by atoms with E-state index in [1.807, 2.05) is 18.9 Å². The number of hydrogen-bond donors (Lipinski definition) is 2. The van der Waals surface area contributed by atoms with Crippen molar-refractivity contribution in [3.63, 3.8) is 0 Å². The Bertz CT molecular complexity index is 213. The predicted octanol–water partition coefficient (Wildman–Crippen LogP) is 0.524. The van der Waals surface area contributed by atoms with Gasteiger partial charge in [0.05, 0.1) is 12.6 Å². The number of thioether (sulfide) groups is 1. The van der Waals surface area contributed by atoms with Crippen LogP contribution in [0.4, 0.5) is 0 Å². The molecule has 0 spiro atoms. The summed E-state index contributed by atoms with van der Waals surface area (Å²) in [6.45, 7) is 4.73. The maximum atomic E-state index is 5.48. The predicted molar refractivity (Wildman–Crippen MR) is 71.7 cm³/mol. The van der Waals surface area contributed by atoms with Gasteiger partial charge in [-0.3, -0.25) is 5.43 Å². The van der Waals surface area contributed by atoms with Gasteiger partial charge in [0.2, 0.25) is 5.96 Å². The number of aliphatic imine (C=N–C) groups is 1. The molecule has 0 saturated heterocycles. The minimum absolute atomic E-state index is 0.0972. The monoisotopic (exact) mass is 248 g/mol. The fraction of sp³-hybridized carbons (Fsp3) is 0.900. The number of hydrogen-bond acceptors (Lipinski definition) is 4. The number of methoxy groups -OCH3 is 1. The van der Waals surface area contributed by atoms with Gasteiger partial charge in [0.15, 0.2) is 0 Å². The van der Waals surface area contributed by atoms with E-state index >= 15 is 0 Å². The van der Waals surface area contributed by atoms with Crippen LogP contribution in [0.2, 0.25) is 0 Å². The molecular formula is C10H24N4OS. The molecule has 0 aromatic carbocycles. The molecule has 0 aliphatic rings. The van der Waals surface area contributed by atoms with Gasteiger partial charge in [0.25, 0.3) is 0 Å². The zero-order valence-electron chi connectivity index (χ0n) is 10.9. The van der Waals surface area contributed by atoms with Crippen LogP contribution in [0, 0.1) is 0 Å². The van der Waals surface area contributed by atoms with E-state index in [0.29, 0.717) is 18.6 Å². The van der Waals surface area contributed by atoms with Gasteiger partial charge >= 0.3 is 0 Å². The maximum absolute atomic E-state index is 5.48. The lowest BCUT2D eigenvalue weighted by Gasteiger charge is -2.27. The molecule has 0 rings (SSSR count). The SMILES string of the molecule is COCC(C)N=C(NN)N(C)C(C)CSC. The number of rotatable bonds is 6. The van der Waals surface area contributed by atoms with E-state index in [-0.39, 0.29) is 6.04 Å². The van der Waals surface area contributed by atoms with Crippen LogP contribution in [0.15, 0.2) is 4.99 Å². The van der Waals surface area contributed by atoms with Crippen LogP contribution in [-0.4, -0.2) is 55.7 Å². The van der Waals surface area contributed by atoms with E-state index in [4.69, 9.17) is 10.6 Å². The van der Waals surface area contributed by atoms with E-state index in [2.05, 4.69) is 23.6 Å². The van der Waals surface area contributed by atoms with Crippen molar-refractivity contribution < 1.29 is 4.74 Å². The molecule has 6 heteroatoms. The smallest absolute Gasteiger partial charge is 0.208 e. The van der Waals surface area contributed by atoms with Crippen molar-refractivity contribution in [3.05, 3.63) is 0 Å². The van der Waals surface area contributed by atoms with Crippen LogP contribution in [0.3, 0.4) is 0 Å². The molecule has 16 heavy (non-hydrogen) atoms. The van der Waals surface area contributed by atoms with Crippen LogP contribution in [-0.2, 0) is 4.74 Å². The Labute approximate surface area is 103 Å². The van der Waals surface area contributed by atoms with E-state index in [0.717, 1.165) is 5.75 Å². The third-order valence-electron chi connectivity index (χ3n) is 2.28. The number of hydrazine groups is 1. The summed E-state index contributed by atoms with van der Waals surface area (Å²) in [6.07, 6.45) is 2.09. The number of nitrogens with two attached hydrogens (primary N) is 1. The summed E-state index contributed by atoms with van der Waals surface area (Å²) >= 11 is 1.81. The van der Waals surface area contributed by atoms with E-state index in [1.165, 1.54) is 0 Å². The van der Waals surface area contributed by atoms with Gasteiger partial charge in [-0.05, 0) is 20.1 Å². The van der Waals surface area contributed by atoms with Crippen molar-refractivity contribution >= 4 is 17.7 Å². The Balaban J connectivity index is 4.45. The average molecular weight is 248 g/mol. The fourth-order valence-electron chi connectivity index (χ4n) is 1.28. The average Bonchev–Trinajstić information content (AvgIpc) is 2.25. The molecule has 0 fully saturated rings.